The monoisotopic (exact) mass is 387 g/mol. The van der Waals surface area contributed by atoms with Crippen molar-refractivity contribution in [1.29, 1.82) is 0 Å². The van der Waals surface area contributed by atoms with Gasteiger partial charge in [-0.25, -0.2) is 0 Å². The van der Waals surface area contributed by atoms with Gasteiger partial charge in [0.25, 0.3) is 5.91 Å². The first-order valence-corrected chi connectivity index (χ1v) is 9.33. The number of pyridine rings is 1. The topological polar surface area (TPSA) is 116 Å². The Labute approximate surface area is 156 Å². The Balaban J connectivity index is 1.80. The van der Waals surface area contributed by atoms with Crippen LogP contribution in [0.25, 0.3) is 11.3 Å². The number of amides is 1. The van der Waals surface area contributed by atoms with Crippen LogP contribution in [0, 0.1) is 6.92 Å². The summed E-state index contributed by atoms with van der Waals surface area (Å²) in [4.78, 5) is 18.2. The van der Waals surface area contributed by atoms with Crippen LogP contribution in [-0.4, -0.2) is 26.4 Å². The zero-order valence-electron chi connectivity index (χ0n) is 14.6. The van der Waals surface area contributed by atoms with Crippen LogP contribution in [0.3, 0.4) is 0 Å². The van der Waals surface area contributed by atoms with Crippen LogP contribution in [-0.2, 0) is 10.3 Å². The van der Waals surface area contributed by atoms with Crippen molar-refractivity contribution in [3.63, 3.8) is 0 Å². The van der Waals surface area contributed by atoms with Gasteiger partial charge in [-0.3, -0.25) is 9.78 Å². The fraction of sp³-hybridized carbons (Fsp3) is 0.111. The van der Waals surface area contributed by atoms with E-state index in [2.05, 4.69) is 9.17 Å². The van der Waals surface area contributed by atoms with Gasteiger partial charge in [-0.1, -0.05) is 0 Å². The van der Waals surface area contributed by atoms with Crippen LogP contribution < -0.4 is 14.2 Å². The molecule has 27 heavy (non-hydrogen) atoms. The molecule has 1 amide bonds. The standard InChI is InChI=1S/C18H17N3O5S/c1-12-9-10-20-11-15(12)21(2)18(22)17-8-7-16(25-17)13-3-5-14(6-4-13)26-27(19,23)24/h3-11H,1-2H3,(H2,19,23,24). The van der Waals surface area contributed by atoms with Crippen LogP contribution in [0.2, 0.25) is 0 Å². The number of rotatable bonds is 5. The summed E-state index contributed by atoms with van der Waals surface area (Å²) >= 11 is 0. The van der Waals surface area contributed by atoms with Crippen LogP contribution >= 0.6 is 0 Å². The van der Waals surface area contributed by atoms with Gasteiger partial charge in [0.1, 0.15) is 11.5 Å². The van der Waals surface area contributed by atoms with Gasteiger partial charge in [-0.15, -0.1) is 0 Å². The number of aromatic nitrogens is 1. The number of hydrogen-bond acceptors (Lipinski definition) is 6. The molecular formula is C18H17N3O5S. The smallest absolute Gasteiger partial charge is 0.380 e. The average molecular weight is 387 g/mol. The third-order valence-corrected chi connectivity index (χ3v) is 4.27. The van der Waals surface area contributed by atoms with E-state index in [9.17, 15) is 13.2 Å². The largest absolute Gasteiger partial charge is 0.451 e. The predicted molar refractivity (Wildman–Crippen MR) is 99.6 cm³/mol. The van der Waals surface area contributed by atoms with Crippen molar-refractivity contribution in [2.45, 2.75) is 6.92 Å². The Morgan fingerprint density at radius 3 is 2.48 bits per heavy atom. The quantitative estimate of drug-likeness (QED) is 0.719. The SMILES string of the molecule is Cc1ccncc1N(C)C(=O)c1ccc(-c2ccc(OS(N)(=O)=O)cc2)o1. The highest BCUT2D eigenvalue weighted by Gasteiger charge is 2.19. The first kappa shape index (κ1) is 18.6. The third-order valence-electron chi connectivity index (χ3n) is 3.85. The van der Waals surface area contributed by atoms with E-state index in [-0.39, 0.29) is 17.4 Å². The molecular weight excluding hydrogens is 370 g/mol. The van der Waals surface area contributed by atoms with Crippen molar-refractivity contribution in [3.8, 4) is 17.1 Å². The molecule has 0 aliphatic rings. The summed E-state index contributed by atoms with van der Waals surface area (Å²) in [5.41, 5.74) is 2.25. The van der Waals surface area contributed by atoms with Gasteiger partial charge in [0.2, 0.25) is 0 Å². The zero-order valence-corrected chi connectivity index (χ0v) is 15.4. The summed E-state index contributed by atoms with van der Waals surface area (Å²) in [6.45, 7) is 1.89. The van der Waals surface area contributed by atoms with E-state index in [4.69, 9.17) is 9.56 Å². The Morgan fingerprint density at radius 1 is 1.15 bits per heavy atom. The summed E-state index contributed by atoms with van der Waals surface area (Å²) < 4.78 is 32.1. The van der Waals surface area contributed by atoms with Crippen molar-refractivity contribution in [1.82, 2.24) is 4.98 Å². The number of aryl methyl sites for hydroxylation is 1. The van der Waals surface area contributed by atoms with E-state index >= 15 is 0 Å². The molecule has 0 radical (unpaired) electrons. The van der Waals surface area contributed by atoms with Gasteiger partial charge in [-0.2, -0.15) is 13.6 Å². The second-order valence-electron chi connectivity index (χ2n) is 5.79. The maximum Gasteiger partial charge on any atom is 0.380 e. The van der Waals surface area contributed by atoms with E-state index < -0.39 is 10.3 Å². The molecule has 9 heteroatoms. The maximum absolute atomic E-state index is 12.7. The Kier molecular flexibility index (Phi) is 4.98. The average Bonchev–Trinajstić information content (AvgIpc) is 3.10. The normalized spacial score (nSPS) is 11.2. The highest BCUT2D eigenvalue weighted by atomic mass is 32.2. The van der Waals surface area contributed by atoms with Crippen LogP contribution in [0.4, 0.5) is 5.69 Å². The number of carbonyl (C=O) groups is 1. The molecule has 0 unspecified atom stereocenters. The molecule has 1 aromatic carbocycles. The fourth-order valence-corrected chi connectivity index (χ4v) is 2.88. The molecule has 0 spiro atoms. The van der Waals surface area contributed by atoms with Crippen LogP contribution in [0.1, 0.15) is 16.1 Å². The number of carbonyl (C=O) groups excluding carboxylic acids is 1. The van der Waals surface area contributed by atoms with Crippen molar-refractivity contribution in [2.75, 3.05) is 11.9 Å². The molecule has 2 aromatic heterocycles. The van der Waals surface area contributed by atoms with Crippen molar-refractivity contribution in [3.05, 3.63) is 66.2 Å². The zero-order chi connectivity index (χ0) is 19.6. The molecule has 2 heterocycles. The van der Waals surface area contributed by atoms with E-state index in [1.54, 1.807) is 43.7 Å². The van der Waals surface area contributed by atoms with Gasteiger partial charge in [0, 0.05) is 18.8 Å². The summed E-state index contributed by atoms with van der Waals surface area (Å²) in [5, 5.41) is 4.83. The molecule has 140 valence electrons. The lowest BCUT2D eigenvalue weighted by Crippen LogP contribution is -2.26. The summed E-state index contributed by atoms with van der Waals surface area (Å²) in [5.74, 6) is 0.389. The lowest BCUT2D eigenvalue weighted by molar-refractivity contribution is 0.0967. The molecule has 3 aromatic rings. The molecule has 0 bridgehead atoms. The maximum atomic E-state index is 12.7. The van der Waals surface area contributed by atoms with Crippen LogP contribution in [0.15, 0.2) is 59.3 Å². The third kappa shape index (κ3) is 4.33. The van der Waals surface area contributed by atoms with Crippen molar-refractivity contribution >= 4 is 21.9 Å². The predicted octanol–water partition coefficient (Wildman–Crippen LogP) is 2.51. The second-order valence-corrected chi connectivity index (χ2v) is 6.94. The van der Waals surface area contributed by atoms with E-state index in [1.165, 1.54) is 17.0 Å². The van der Waals surface area contributed by atoms with Crippen molar-refractivity contribution < 1.29 is 21.8 Å². The number of hydrogen-bond donors (Lipinski definition) is 1. The van der Waals surface area contributed by atoms with Gasteiger partial charge in [-0.05, 0) is 55.0 Å². The minimum Gasteiger partial charge on any atom is -0.451 e. The summed E-state index contributed by atoms with van der Waals surface area (Å²) in [6.07, 6.45) is 3.27. The molecule has 0 saturated heterocycles. The molecule has 8 nitrogen and oxygen atoms in total. The van der Waals surface area contributed by atoms with E-state index in [1.807, 2.05) is 13.0 Å². The fourth-order valence-electron chi connectivity index (χ4n) is 2.50. The number of nitrogens with two attached hydrogens (primary N) is 1. The first-order chi connectivity index (χ1) is 12.7. The lowest BCUT2D eigenvalue weighted by Gasteiger charge is -2.17. The molecule has 0 atom stereocenters. The van der Waals surface area contributed by atoms with Gasteiger partial charge in [0.05, 0.1) is 11.9 Å². The summed E-state index contributed by atoms with van der Waals surface area (Å²) in [7, 11) is -2.43. The highest BCUT2D eigenvalue weighted by molar-refractivity contribution is 7.84. The highest BCUT2D eigenvalue weighted by Crippen LogP contribution is 2.26. The van der Waals surface area contributed by atoms with Gasteiger partial charge < -0.3 is 13.5 Å². The Morgan fingerprint density at radius 2 is 1.85 bits per heavy atom. The molecule has 0 aliphatic heterocycles. The Hall–Kier alpha value is -3.17. The van der Waals surface area contributed by atoms with E-state index in [0.29, 0.717) is 17.0 Å². The molecule has 0 aliphatic carbocycles. The minimum atomic E-state index is -4.08. The second kappa shape index (κ2) is 7.22. The van der Waals surface area contributed by atoms with Crippen molar-refractivity contribution in [2.24, 2.45) is 5.14 Å². The first-order valence-electron chi connectivity index (χ1n) is 7.86. The van der Waals surface area contributed by atoms with E-state index in [0.717, 1.165) is 5.56 Å². The molecule has 0 saturated carbocycles. The minimum absolute atomic E-state index is 0.0795. The van der Waals surface area contributed by atoms with Gasteiger partial charge >= 0.3 is 10.3 Å². The molecule has 3 rings (SSSR count). The molecule has 0 fully saturated rings. The van der Waals surface area contributed by atoms with Crippen LogP contribution in [0.5, 0.6) is 5.75 Å². The molecule has 2 N–H and O–H groups in total. The van der Waals surface area contributed by atoms with Gasteiger partial charge in [0.15, 0.2) is 5.76 Å². The lowest BCUT2D eigenvalue weighted by atomic mass is 10.2. The summed E-state index contributed by atoms with van der Waals surface area (Å²) in [6, 6.07) is 11.1. The number of benzene rings is 1. The number of furan rings is 1. The number of nitrogens with zero attached hydrogens (tertiary/aromatic N) is 2. The Bertz CT molecular complexity index is 1070. The number of anilines is 1.